The molecule has 2 heterocycles. The highest BCUT2D eigenvalue weighted by Crippen LogP contribution is 2.36. The molecule has 2 aromatic heterocycles. The van der Waals surface area contributed by atoms with E-state index in [4.69, 9.17) is 4.74 Å². The van der Waals surface area contributed by atoms with Gasteiger partial charge in [-0.1, -0.05) is 23.9 Å². The fourth-order valence-electron chi connectivity index (χ4n) is 3.53. The molecule has 0 radical (unpaired) electrons. The SMILES string of the molecule is CCOCCCn1c(=O)c2ccccc2n2c(SC(C)c3cc(F)ccc3F)nnc12. The minimum absolute atomic E-state index is 0.146. The quantitative estimate of drug-likeness (QED) is 0.294. The number of ether oxygens (including phenoxy) is 1. The fourth-order valence-corrected chi connectivity index (χ4v) is 4.53. The summed E-state index contributed by atoms with van der Waals surface area (Å²) in [7, 11) is 0. The molecule has 0 aliphatic rings. The van der Waals surface area contributed by atoms with Gasteiger partial charge in [-0.2, -0.15) is 0 Å². The molecule has 0 bridgehead atoms. The highest BCUT2D eigenvalue weighted by atomic mass is 32.2. The second kappa shape index (κ2) is 9.15. The molecule has 162 valence electrons. The van der Waals surface area contributed by atoms with Gasteiger partial charge >= 0.3 is 0 Å². The Morgan fingerprint density at radius 3 is 2.77 bits per heavy atom. The third kappa shape index (κ3) is 4.20. The molecule has 0 amide bonds. The number of rotatable bonds is 8. The highest BCUT2D eigenvalue weighted by molar-refractivity contribution is 7.99. The molecule has 4 rings (SSSR count). The van der Waals surface area contributed by atoms with Gasteiger partial charge in [0.2, 0.25) is 5.78 Å². The second-order valence-corrected chi connectivity index (χ2v) is 8.38. The summed E-state index contributed by atoms with van der Waals surface area (Å²) in [5, 5.41) is 9.16. The smallest absolute Gasteiger partial charge is 0.262 e. The van der Waals surface area contributed by atoms with E-state index in [2.05, 4.69) is 10.2 Å². The zero-order chi connectivity index (χ0) is 22.0. The zero-order valence-corrected chi connectivity index (χ0v) is 18.0. The van der Waals surface area contributed by atoms with Crippen LogP contribution in [0.15, 0.2) is 52.4 Å². The molecule has 0 aliphatic heterocycles. The summed E-state index contributed by atoms with van der Waals surface area (Å²) in [6.45, 7) is 5.29. The van der Waals surface area contributed by atoms with Crippen molar-refractivity contribution in [2.75, 3.05) is 13.2 Å². The summed E-state index contributed by atoms with van der Waals surface area (Å²) < 4.78 is 36.7. The number of para-hydroxylation sites is 1. The predicted octanol–water partition coefficient (Wildman–Crippen LogP) is 4.60. The Kier molecular flexibility index (Phi) is 6.33. The monoisotopic (exact) mass is 444 g/mol. The van der Waals surface area contributed by atoms with Crippen molar-refractivity contribution in [3.8, 4) is 0 Å². The van der Waals surface area contributed by atoms with Crippen LogP contribution in [0.1, 0.15) is 31.1 Å². The van der Waals surface area contributed by atoms with Crippen molar-refractivity contribution in [3.63, 3.8) is 0 Å². The Labute approximate surface area is 181 Å². The lowest BCUT2D eigenvalue weighted by Gasteiger charge is -2.14. The molecule has 0 saturated carbocycles. The maximum atomic E-state index is 14.3. The molecule has 4 aromatic rings. The topological polar surface area (TPSA) is 61.4 Å². The lowest BCUT2D eigenvalue weighted by atomic mass is 10.1. The van der Waals surface area contributed by atoms with Crippen LogP contribution in [0, 0.1) is 11.6 Å². The van der Waals surface area contributed by atoms with Gasteiger partial charge in [-0.3, -0.25) is 13.8 Å². The largest absolute Gasteiger partial charge is 0.382 e. The molecule has 31 heavy (non-hydrogen) atoms. The summed E-state index contributed by atoms with van der Waals surface area (Å²) in [5.41, 5.74) is 0.770. The summed E-state index contributed by atoms with van der Waals surface area (Å²) in [6.07, 6.45) is 0.655. The van der Waals surface area contributed by atoms with Gasteiger partial charge < -0.3 is 4.74 Å². The first kappa shape index (κ1) is 21.5. The van der Waals surface area contributed by atoms with E-state index in [9.17, 15) is 13.6 Å². The molecular formula is C22H22F2N4O2S. The van der Waals surface area contributed by atoms with Gasteiger partial charge in [-0.15, -0.1) is 10.2 Å². The number of aromatic nitrogens is 4. The molecule has 1 atom stereocenters. The van der Waals surface area contributed by atoms with Gasteiger partial charge in [-0.25, -0.2) is 8.78 Å². The average molecular weight is 445 g/mol. The lowest BCUT2D eigenvalue weighted by molar-refractivity contribution is 0.141. The molecule has 0 aliphatic carbocycles. The van der Waals surface area contributed by atoms with Gasteiger partial charge in [0.15, 0.2) is 5.16 Å². The minimum Gasteiger partial charge on any atom is -0.382 e. The maximum Gasteiger partial charge on any atom is 0.262 e. The third-order valence-electron chi connectivity index (χ3n) is 5.03. The Hall–Kier alpha value is -2.78. The number of fused-ring (bicyclic) bond motifs is 3. The Morgan fingerprint density at radius 2 is 1.97 bits per heavy atom. The van der Waals surface area contributed by atoms with Crippen molar-refractivity contribution in [2.24, 2.45) is 0 Å². The molecule has 9 heteroatoms. The molecule has 2 aromatic carbocycles. The van der Waals surface area contributed by atoms with E-state index in [-0.39, 0.29) is 11.1 Å². The van der Waals surface area contributed by atoms with Gasteiger partial charge in [0.1, 0.15) is 11.6 Å². The summed E-state index contributed by atoms with van der Waals surface area (Å²) in [6, 6.07) is 10.6. The molecule has 1 unspecified atom stereocenters. The Balaban J connectivity index is 1.79. The number of aryl methyl sites for hydroxylation is 1. The zero-order valence-electron chi connectivity index (χ0n) is 17.2. The van der Waals surface area contributed by atoms with Gasteiger partial charge in [0.25, 0.3) is 5.56 Å². The lowest BCUT2D eigenvalue weighted by Crippen LogP contribution is -2.24. The van der Waals surface area contributed by atoms with Gasteiger partial charge in [0.05, 0.1) is 10.9 Å². The fraction of sp³-hybridized carbons (Fsp3) is 0.318. The maximum absolute atomic E-state index is 14.3. The van der Waals surface area contributed by atoms with Crippen molar-refractivity contribution >= 4 is 28.4 Å². The molecular weight excluding hydrogens is 422 g/mol. The number of hydrogen-bond acceptors (Lipinski definition) is 5. The van der Waals surface area contributed by atoms with Gasteiger partial charge in [0, 0.05) is 30.6 Å². The van der Waals surface area contributed by atoms with E-state index < -0.39 is 16.9 Å². The Morgan fingerprint density at radius 1 is 1.16 bits per heavy atom. The van der Waals surface area contributed by atoms with Crippen LogP contribution in [0.5, 0.6) is 0 Å². The van der Waals surface area contributed by atoms with Crippen molar-refractivity contribution < 1.29 is 13.5 Å². The molecule has 0 spiro atoms. The third-order valence-corrected chi connectivity index (χ3v) is 6.11. The second-order valence-electron chi connectivity index (χ2n) is 7.07. The molecule has 6 nitrogen and oxygen atoms in total. The van der Waals surface area contributed by atoms with Crippen LogP contribution in [0.25, 0.3) is 16.7 Å². The molecule has 0 saturated heterocycles. The van der Waals surface area contributed by atoms with Crippen molar-refractivity contribution in [2.45, 2.75) is 37.2 Å². The number of thioether (sulfide) groups is 1. The number of benzene rings is 2. The van der Waals surface area contributed by atoms with Crippen LogP contribution >= 0.6 is 11.8 Å². The minimum atomic E-state index is -0.497. The van der Waals surface area contributed by atoms with E-state index in [1.54, 1.807) is 22.0 Å². The average Bonchev–Trinajstić information content (AvgIpc) is 3.18. The summed E-state index contributed by atoms with van der Waals surface area (Å²) in [5.74, 6) is -0.564. The normalized spacial score (nSPS) is 12.6. The molecule has 0 N–H and O–H groups in total. The van der Waals surface area contributed by atoms with Crippen LogP contribution in [-0.4, -0.2) is 32.4 Å². The van der Waals surface area contributed by atoms with Crippen molar-refractivity contribution in [1.29, 1.82) is 0 Å². The highest BCUT2D eigenvalue weighted by Gasteiger charge is 2.20. The summed E-state index contributed by atoms with van der Waals surface area (Å²) >= 11 is 1.26. The van der Waals surface area contributed by atoms with Crippen LogP contribution in [-0.2, 0) is 11.3 Å². The van der Waals surface area contributed by atoms with Crippen molar-refractivity contribution in [3.05, 3.63) is 70.0 Å². The van der Waals surface area contributed by atoms with E-state index in [1.165, 1.54) is 17.8 Å². The predicted molar refractivity (Wildman–Crippen MR) is 116 cm³/mol. The van der Waals surface area contributed by atoms with E-state index >= 15 is 0 Å². The van der Waals surface area contributed by atoms with Crippen LogP contribution in [0.3, 0.4) is 0 Å². The van der Waals surface area contributed by atoms with Crippen LogP contribution in [0.2, 0.25) is 0 Å². The first-order valence-electron chi connectivity index (χ1n) is 10.1. The van der Waals surface area contributed by atoms with E-state index in [0.29, 0.717) is 48.0 Å². The number of hydrogen-bond donors (Lipinski definition) is 0. The van der Waals surface area contributed by atoms with Crippen LogP contribution < -0.4 is 5.56 Å². The Bertz CT molecular complexity index is 1290. The number of nitrogens with zero attached hydrogens (tertiary/aromatic N) is 4. The molecule has 0 fully saturated rings. The van der Waals surface area contributed by atoms with Gasteiger partial charge in [-0.05, 0) is 50.6 Å². The van der Waals surface area contributed by atoms with Crippen LogP contribution in [0.4, 0.5) is 8.78 Å². The summed E-state index contributed by atoms with van der Waals surface area (Å²) in [4.78, 5) is 13.1. The number of halogens is 2. The van der Waals surface area contributed by atoms with E-state index in [0.717, 1.165) is 12.1 Å². The van der Waals surface area contributed by atoms with Crippen molar-refractivity contribution in [1.82, 2.24) is 19.2 Å². The first-order chi connectivity index (χ1) is 15.0. The standard InChI is InChI=1S/C22H22F2N4O2S/c1-3-30-12-6-11-27-20(29)16-7-4-5-8-19(16)28-21(27)25-26-22(28)31-14(2)17-13-15(23)9-10-18(17)24/h4-5,7-10,13-14H,3,6,11-12H2,1-2H3. The first-order valence-corrected chi connectivity index (χ1v) is 10.9. The van der Waals surface area contributed by atoms with E-state index in [1.807, 2.05) is 25.1 Å².